The summed E-state index contributed by atoms with van der Waals surface area (Å²) in [5.41, 5.74) is 0. The van der Waals surface area contributed by atoms with Gasteiger partial charge in [-0.15, -0.1) is 0 Å². The van der Waals surface area contributed by atoms with E-state index in [-0.39, 0.29) is 6.73 Å². The summed E-state index contributed by atoms with van der Waals surface area (Å²) in [6, 6.07) is 0. The fourth-order valence-corrected chi connectivity index (χ4v) is 2.89. The molecule has 0 heterocycles. The van der Waals surface area contributed by atoms with Gasteiger partial charge in [-0.2, -0.15) is 0 Å². The van der Waals surface area contributed by atoms with Gasteiger partial charge >= 0.3 is 0 Å². The highest BCUT2D eigenvalue weighted by Crippen LogP contribution is 2.09. The van der Waals surface area contributed by atoms with E-state index in [0.29, 0.717) is 0 Å². The van der Waals surface area contributed by atoms with Gasteiger partial charge in [0.25, 0.3) is 0 Å². The second-order valence-electron chi connectivity index (χ2n) is 6.57. The van der Waals surface area contributed by atoms with Gasteiger partial charge in [-0.1, -0.05) is 84.5 Å². The lowest BCUT2D eigenvalue weighted by Gasteiger charge is -2.22. The topological polar surface area (TPSA) is 35.5 Å². The first kappa shape index (κ1) is 21.9. The Labute approximate surface area is 139 Å². The first-order valence-corrected chi connectivity index (χ1v) is 9.89. The van der Waals surface area contributed by atoms with Gasteiger partial charge in [0.2, 0.25) is 0 Å². The molecule has 0 radical (unpaired) electrons. The lowest BCUT2D eigenvalue weighted by Crippen LogP contribution is -2.36. The summed E-state index contributed by atoms with van der Waals surface area (Å²) in [6.07, 6.45) is 17.7. The Morgan fingerprint density at radius 2 is 1.05 bits per heavy atom. The molecule has 134 valence electrons. The molecule has 0 rings (SSSR count). The maximum absolute atomic E-state index is 8.94. The molecule has 0 bridgehead atoms. The number of aliphatic hydroxyl groups is 1. The van der Waals surface area contributed by atoms with Crippen LogP contribution < -0.4 is 5.32 Å². The van der Waals surface area contributed by atoms with Gasteiger partial charge in [0.1, 0.15) is 0 Å². The normalized spacial score (nSPS) is 11.5. The molecule has 2 N–H and O–H groups in total. The zero-order valence-electron chi connectivity index (χ0n) is 15.4. The molecule has 0 saturated carbocycles. The third kappa shape index (κ3) is 16.3. The number of aliphatic hydroxyl groups excluding tert-OH is 1. The predicted molar refractivity (Wildman–Crippen MR) is 98.0 cm³/mol. The Balaban J connectivity index is 3.56. The van der Waals surface area contributed by atoms with Crippen molar-refractivity contribution in [3.05, 3.63) is 0 Å². The van der Waals surface area contributed by atoms with Crippen LogP contribution in [-0.4, -0.2) is 36.5 Å². The molecule has 3 heteroatoms. The van der Waals surface area contributed by atoms with Crippen molar-refractivity contribution in [3.8, 4) is 0 Å². The highest BCUT2D eigenvalue weighted by molar-refractivity contribution is 4.58. The minimum atomic E-state index is 0.0873. The lowest BCUT2D eigenvalue weighted by atomic mass is 10.1. The molecule has 0 aliphatic heterocycles. The van der Waals surface area contributed by atoms with Crippen LogP contribution in [0.2, 0.25) is 0 Å². The van der Waals surface area contributed by atoms with Gasteiger partial charge in [0.15, 0.2) is 0 Å². The number of hydrogen-bond donors (Lipinski definition) is 2. The van der Waals surface area contributed by atoms with E-state index in [2.05, 4.69) is 24.1 Å². The molecule has 3 nitrogen and oxygen atoms in total. The molecule has 0 aromatic heterocycles. The third-order valence-electron chi connectivity index (χ3n) is 4.35. The molecule has 0 spiro atoms. The number of rotatable bonds is 18. The maximum atomic E-state index is 8.94. The summed E-state index contributed by atoms with van der Waals surface area (Å²) >= 11 is 0. The van der Waals surface area contributed by atoms with E-state index < -0.39 is 0 Å². The second kappa shape index (κ2) is 18.9. The molecule has 0 fully saturated rings. The van der Waals surface area contributed by atoms with Gasteiger partial charge < -0.3 is 5.11 Å². The van der Waals surface area contributed by atoms with E-state index in [1.54, 1.807) is 0 Å². The molecule has 0 amide bonds. The van der Waals surface area contributed by atoms with Crippen LogP contribution in [0.4, 0.5) is 0 Å². The van der Waals surface area contributed by atoms with Crippen molar-refractivity contribution in [1.82, 2.24) is 10.2 Å². The molecule has 0 unspecified atom stereocenters. The van der Waals surface area contributed by atoms with Crippen molar-refractivity contribution in [2.45, 2.75) is 97.3 Å². The van der Waals surface area contributed by atoms with Crippen molar-refractivity contribution in [2.24, 2.45) is 0 Å². The van der Waals surface area contributed by atoms with Gasteiger partial charge in [0.05, 0.1) is 6.73 Å². The Bertz CT molecular complexity index is 200. The van der Waals surface area contributed by atoms with E-state index >= 15 is 0 Å². The summed E-state index contributed by atoms with van der Waals surface area (Å²) in [4.78, 5) is 2.47. The van der Waals surface area contributed by atoms with E-state index in [1.807, 2.05) is 0 Å². The summed E-state index contributed by atoms with van der Waals surface area (Å²) in [7, 11) is 0. The Morgan fingerprint density at radius 3 is 1.45 bits per heavy atom. The first-order valence-electron chi connectivity index (χ1n) is 9.89. The SMILES string of the molecule is CCCCCCCCCN(CCCCCCCC)CNCO. The van der Waals surface area contributed by atoms with E-state index in [4.69, 9.17) is 5.11 Å². The van der Waals surface area contributed by atoms with Crippen LogP contribution in [0.25, 0.3) is 0 Å². The van der Waals surface area contributed by atoms with Crippen molar-refractivity contribution in [3.63, 3.8) is 0 Å². The molecule has 0 aliphatic rings. The third-order valence-corrected chi connectivity index (χ3v) is 4.35. The van der Waals surface area contributed by atoms with Gasteiger partial charge in [-0.3, -0.25) is 10.2 Å². The van der Waals surface area contributed by atoms with Crippen molar-refractivity contribution in [1.29, 1.82) is 0 Å². The Hall–Kier alpha value is -0.120. The Kier molecular flexibility index (Phi) is 18.8. The van der Waals surface area contributed by atoms with E-state index in [1.165, 1.54) is 96.6 Å². The summed E-state index contributed by atoms with van der Waals surface area (Å²) in [6.45, 7) is 7.81. The average molecular weight is 315 g/mol. The Morgan fingerprint density at radius 1 is 0.636 bits per heavy atom. The molecule has 0 saturated heterocycles. The number of nitrogens with one attached hydrogen (secondary N) is 1. The molecule has 0 aromatic rings. The minimum Gasteiger partial charge on any atom is -0.381 e. The van der Waals surface area contributed by atoms with Crippen molar-refractivity contribution < 1.29 is 5.11 Å². The summed E-state index contributed by atoms with van der Waals surface area (Å²) in [5, 5.41) is 12.0. The fraction of sp³-hybridized carbons (Fsp3) is 1.00. The van der Waals surface area contributed by atoms with Crippen LogP contribution in [0.3, 0.4) is 0 Å². The van der Waals surface area contributed by atoms with Crippen LogP contribution in [0.5, 0.6) is 0 Å². The smallest absolute Gasteiger partial charge is 0.0941 e. The van der Waals surface area contributed by atoms with E-state index in [0.717, 1.165) is 6.67 Å². The van der Waals surface area contributed by atoms with Gasteiger partial charge in [-0.05, 0) is 25.9 Å². The van der Waals surface area contributed by atoms with Crippen molar-refractivity contribution in [2.75, 3.05) is 26.5 Å². The second-order valence-corrected chi connectivity index (χ2v) is 6.57. The zero-order chi connectivity index (χ0) is 16.3. The fourth-order valence-electron chi connectivity index (χ4n) is 2.89. The molecule has 0 atom stereocenters. The van der Waals surface area contributed by atoms with Crippen LogP contribution in [0, 0.1) is 0 Å². The van der Waals surface area contributed by atoms with E-state index in [9.17, 15) is 0 Å². The zero-order valence-corrected chi connectivity index (χ0v) is 15.4. The maximum Gasteiger partial charge on any atom is 0.0941 e. The van der Waals surface area contributed by atoms with Crippen molar-refractivity contribution >= 4 is 0 Å². The lowest BCUT2D eigenvalue weighted by molar-refractivity contribution is 0.188. The van der Waals surface area contributed by atoms with Crippen LogP contribution >= 0.6 is 0 Å². The van der Waals surface area contributed by atoms with Crippen LogP contribution in [-0.2, 0) is 0 Å². The highest BCUT2D eigenvalue weighted by Gasteiger charge is 2.04. The largest absolute Gasteiger partial charge is 0.381 e. The average Bonchev–Trinajstić information content (AvgIpc) is 2.54. The number of unbranched alkanes of at least 4 members (excludes halogenated alkanes) is 11. The minimum absolute atomic E-state index is 0.0873. The van der Waals surface area contributed by atoms with Gasteiger partial charge in [0, 0.05) is 6.67 Å². The number of hydrogen-bond acceptors (Lipinski definition) is 3. The molecule has 0 aliphatic carbocycles. The summed E-state index contributed by atoms with van der Waals surface area (Å²) in [5.74, 6) is 0. The number of nitrogens with zero attached hydrogens (tertiary/aromatic N) is 1. The van der Waals surface area contributed by atoms with Crippen LogP contribution in [0.1, 0.15) is 97.3 Å². The van der Waals surface area contributed by atoms with Crippen LogP contribution in [0.15, 0.2) is 0 Å². The standard InChI is InChI=1S/C19H42N2O/c1-3-5-7-9-11-13-15-17-21(18-20-19-22)16-14-12-10-8-6-4-2/h20,22H,3-19H2,1-2H3. The molecular formula is C19H42N2O. The molecule has 22 heavy (non-hydrogen) atoms. The predicted octanol–water partition coefficient (Wildman–Crippen LogP) is 4.90. The monoisotopic (exact) mass is 314 g/mol. The highest BCUT2D eigenvalue weighted by atomic mass is 16.3. The van der Waals surface area contributed by atoms with Gasteiger partial charge in [-0.25, -0.2) is 0 Å². The molecule has 0 aromatic carbocycles. The summed E-state index contributed by atoms with van der Waals surface area (Å²) < 4.78 is 0. The molecular weight excluding hydrogens is 272 g/mol. The first-order chi connectivity index (χ1) is 10.8. The quantitative estimate of drug-likeness (QED) is 0.279.